The van der Waals surface area contributed by atoms with E-state index in [0.29, 0.717) is 24.1 Å². The average Bonchev–Trinajstić information content (AvgIpc) is 3.53. The summed E-state index contributed by atoms with van der Waals surface area (Å²) >= 11 is 6.79. The summed E-state index contributed by atoms with van der Waals surface area (Å²) in [5.74, 6) is 2.97. The van der Waals surface area contributed by atoms with Gasteiger partial charge < -0.3 is 14.4 Å². The summed E-state index contributed by atoms with van der Waals surface area (Å²) in [6, 6.07) is 7.37. The van der Waals surface area contributed by atoms with E-state index in [1.54, 1.807) is 0 Å². The quantitative estimate of drug-likeness (QED) is 0.567. The molecule has 0 radical (unpaired) electrons. The van der Waals surface area contributed by atoms with E-state index in [4.69, 9.17) is 36.1 Å². The van der Waals surface area contributed by atoms with Crippen LogP contribution in [0.5, 0.6) is 0 Å². The van der Waals surface area contributed by atoms with E-state index in [1.165, 1.54) is 5.56 Å². The zero-order valence-corrected chi connectivity index (χ0v) is 20.1. The first-order valence-electron chi connectivity index (χ1n) is 12.4. The van der Waals surface area contributed by atoms with Gasteiger partial charge in [-0.1, -0.05) is 11.6 Å². The molecule has 178 valence electrons. The first-order valence-corrected chi connectivity index (χ1v) is 12.7. The van der Waals surface area contributed by atoms with Crippen LogP contribution in [0.25, 0.3) is 16.7 Å². The Morgan fingerprint density at radius 3 is 2.53 bits per heavy atom. The lowest BCUT2D eigenvalue weighted by Crippen LogP contribution is -2.51. The minimum atomic E-state index is 0.321. The van der Waals surface area contributed by atoms with Crippen LogP contribution in [0.15, 0.2) is 24.4 Å². The van der Waals surface area contributed by atoms with Crippen molar-refractivity contribution in [3.8, 4) is 5.82 Å². The number of nitrogens with zero attached hydrogens (tertiary/aromatic N) is 6. The van der Waals surface area contributed by atoms with Gasteiger partial charge in [0.05, 0.1) is 49.7 Å². The maximum absolute atomic E-state index is 6.79. The van der Waals surface area contributed by atoms with Crippen molar-refractivity contribution in [2.24, 2.45) is 0 Å². The van der Waals surface area contributed by atoms with Crippen molar-refractivity contribution < 1.29 is 9.47 Å². The molecule has 7 rings (SSSR count). The zero-order chi connectivity index (χ0) is 22.8. The summed E-state index contributed by atoms with van der Waals surface area (Å²) in [4.78, 5) is 14.4. The first kappa shape index (κ1) is 21.1. The normalized spacial score (nSPS) is 26.0. The van der Waals surface area contributed by atoms with Crippen LogP contribution in [-0.2, 0) is 9.47 Å². The molecule has 0 aliphatic carbocycles. The van der Waals surface area contributed by atoms with Gasteiger partial charge in [-0.2, -0.15) is 5.10 Å². The Morgan fingerprint density at radius 2 is 1.82 bits per heavy atom. The molecule has 2 bridgehead atoms. The number of piperidine rings is 1. The highest BCUT2D eigenvalue weighted by atomic mass is 35.5. The minimum Gasteiger partial charge on any atom is -0.378 e. The van der Waals surface area contributed by atoms with Crippen molar-refractivity contribution in [1.82, 2.24) is 24.6 Å². The summed E-state index contributed by atoms with van der Waals surface area (Å²) in [6.07, 6.45) is 5.52. The van der Waals surface area contributed by atoms with E-state index in [9.17, 15) is 0 Å². The molecule has 34 heavy (non-hydrogen) atoms. The molecular weight excluding hydrogens is 452 g/mol. The molecule has 0 unspecified atom stereocenters. The lowest BCUT2D eigenvalue weighted by Gasteiger charge is -2.41. The number of hydrogen-bond donors (Lipinski definition) is 0. The molecule has 0 N–H and O–H groups in total. The SMILES string of the molecule is Cc1nc(N2C[C@@H]3C[C@H]2CO3)cc(-n2ncc3cc(Cl)c(C4CCN(C5COC5)CC4)cc32)n1. The number of morpholine rings is 1. The molecule has 2 aromatic heterocycles. The second-order valence-electron chi connectivity index (χ2n) is 10.1. The number of hydrogen-bond acceptors (Lipinski definition) is 7. The summed E-state index contributed by atoms with van der Waals surface area (Å²) in [5.41, 5.74) is 2.27. The van der Waals surface area contributed by atoms with Crippen LogP contribution in [0.2, 0.25) is 5.02 Å². The Hall–Kier alpha value is -2.26. The second-order valence-corrected chi connectivity index (χ2v) is 10.5. The number of fused-ring (bicyclic) bond motifs is 3. The van der Waals surface area contributed by atoms with E-state index in [-0.39, 0.29) is 0 Å². The summed E-state index contributed by atoms with van der Waals surface area (Å²) < 4.78 is 13.1. The molecule has 3 aromatic rings. The molecule has 4 saturated heterocycles. The third-order valence-corrected chi connectivity index (χ3v) is 8.34. The maximum Gasteiger partial charge on any atom is 0.159 e. The Labute approximate surface area is 203 Å². The molecule has 0 spiro atoms. The number of halogens is 1. The van der Waals surface area contributed by atoms with Gasteiger partial charge >= 0.3 is 0 Å². The smallest absolute Gasteiger partial charge is 0.159 e. The van der Waals surface area contributed by atoms with Gasteiger partial charge in [0.15, 0.2) is 5.82 Å². The fourth-order valence-corrected chi connectivity index (χ4v) is 6.37. The topological polar surface area (TPSA) is 68.5 Å². The lowest BCUT2D eigenvalue weighted by molar-refractivity contribution is -0.0712. The second kappa shape index (κ2) is 8.16. The van der Waals surface area contributed by atoms with Crippen LogP contribution in [-0.4, -0.2) is 82.3 Å². The van der Waals surface area contributed by atoms with Crippen molar-refractivity contribution in [1.29, 1.82) is 0 Å². The van der Waals surface area contributed by atoms with Gasteiger partial charge in [-0.05, 0) is 62.9 Å². The Balaban J connectivity index is 1.21. The van der Waals surface area contributed by atoms with Crippen LogP contribution in [0.4, 0.5) is 5.82 Å². The van der Waals surface area contributed by atoms with Crippen molar-refractivity contribution in [3.05, 3.63) is 40.8 Å². The number of likely N-dealkylation sites (tertiary alicyclic amines) is 1. The number of aromatic nitrogens is 4. The molecule has 8 nitrogen and oxygen atoms in total. The standard InChI is InChI=1S/C25H29ClN6O2/c1-15-28-24(31-11-20-7-18(31)14-34-20)9-25(29-15)32-23-8-21(22(26)6-17(23)10-27-32)16-2-4-30(5-3-16)19-12-33-13-19/h6,8-10,16,18-20H,2-5,7,11-14H2,1H3/t18-,20-/m0/s1. The Morgan fingerprint density at radius 1 is 1.00 bits per heavy atom. The van der Waals surface area contributed by atoms with Gasteiger partial charge in [-0.3, -0.25) is 4.90 Å². The number of aryl methyl sites for hydroxylation is 1. The average molecular weight is 481 g/mol. The third kappa shape index (κ3) is 3.50. The third-order valence-electron chi connectivity index (χ3n) is 8.02. The molecule has 0 amide bonds. The minimum absolute atomic E-state index is 0.321. The molecule has 1 aromatic carbocycles. The highest BCUT2D eigenvalue weighted by Crippen LogP contribution is 2.37. The van der Waals surface area contributed by atoms with E-state index < -0.39 is 0 Å². The van der Waals surface area contributed by atoms with Crippen molar-refractivity contribution in [3.63, 3.8) is 0 Å². The molecule has 4 aliphatic rings. The molecule has 2 atom stereocenters. The molecule has 4 fully saturated rings. The maximum atomic E-state index is 6.79. The molecule has 0 saturated carbocycles. The van der Waals surface area contributed by atoms with Gasteiger partial charge in [0.2, 0.25) is 0 Å². The van der Waals surface area contributed by atoms with Crippen LogP contribution in [0.1, 0.15) is 36.6 Å². The van der Waals surface area contributed by atoms with E-state index >= 15 is 0 Å². The van der Waals surface area contributed by atoms with Gasteiger partial charge in [-0.25, -0.2) is 14.6 Å². The van der Waals surface area contributed by atoms with Crippen LogP contribution < -0.4 is 4.90 Å². The highest BCUT2D eigenvalue weighted by molar-refractivity contribution is 6.32. The van der Waals surface area contributed by atoms with Crippen LogP contribution >= 0.6 is 11.6 Å². The van der Waals surface area contributed by atoms with E-state index in [1.807, 2.05) is 17.8 Å². The predicted octanol–water partition coefficient (Wildman–Crippen LogP) is 3.33. The van der Waals surface area contributed by atoms with Crippen molar-refractivity contribution in [2.45, 2.75) is 50.3 Å². The van der Waals surface area contributed by atoms with Crippen LogP contribution in [0, 0.1) is 6.92 Å². The van der Waals surface area contributed by atoms with Crippen LogP contribution in [0.3, 0.4) is 0 Å². The first-order chi connectivity index (χ1) is 16.6. The van der Waals surface area contributed by atoms with Gasteiger partial charge in [0.1, 0.15) is 11.6 Å². The molecule has 4 aliphatic heterocycles. The summed E-state index contributed by atoms with van der Waals surface area (Å²) in [6.45, 7) is 7.58. The van der Waals surface area contributed by atoms with E-state index in [0.717, 1.165) is 92.1 Å². The Kier molecular flexibility index (Phi) is 5.05. The molecule has 9 heteroatoms. The number of benzene rings is 1. The van der Waals surface area contributed by atoms with Gasteiger partial charge in [0.25, 0.3) is 0 Å². The molecular formula is C25H29ClN6O2. The zero-order valence-electron chi connectivity index (χ0n) is 19.4. The van der Waals surface area contributed by atoms with Gasteiger partial charge in [0, 0.05) is 23.0 Å². The number of ether oxygens (including phenoxy) is 2. The van der Waals surface area contributed by atoms with Gasteiger partial charge in [-0.15, -0.1) is 0 Å². The predicted molar refractivity (Wildman–Crippen MR) is 130 cm³/mol. The summed E-state index contributed by atoms with van der Waals surface area (Å²) in [5, 5.41) is 6.58. The monoisotopic (exact) mass is 480 g/mol. The van der Waals surface area contributed by atoms with Crippen molar-refractivity contribution in [2.75, 3.05) is 44.4 Å². The Bertz CT molecular complexity index is 1240. The fraction of sp³-hybridized carbons (Fsp3) is 0.560. The lowest BCUT2D eigenvalue weighted by atomic mass is 9.88. The highest BCUT2D eigenvalue weighted by Gasteiger charge is 2.40. The van der Waals surface area contributed by atoms with E-state index in [2.05, 4.69) is 28.0 Å². The number of anilines is 1. The number of rotatable bonds is 4. The van der Waals surface area contributed by atoms with Crippen molar-refractivity contribution >= 4 is 28.3 Å². The summed E-state index contributed by atoms with van der Waals surface area (Å²) in [7, 11) is 0. The fourth-order valence-electron chi connectivity index (χ4n) is 6.04. The largest absolute Gasteiger partial charge is 0.378 e. The molecule has 6 heterocycles.